The number of amides is 1. The van der Waals surface area contributed by atoms with E-state index in [1.807, 2.05) is 6.92 Å². The highest BCUT2D eigenvalue weighted by Crippen LogP contribution is 2.22. The van der Waals surface area contributed by atoms with Crippen molar-refractivity contribution in [2.45, 2.75) is 39.7 Å². The Bertz CT molecular complexity index is 320. The molecule has 0 radical (unpaired) electrons. The molecule has 1 N–H and O–H groups in total. The van der Waals surface area contributed by atoms with Crippen LogP contribution < -0.4 is 5.32 Å². The van der Waals surface area contributed by atoms with Crippen molar-refractivity contribution in [3.63, 3.8) is 0 Å². The predicted octanol–water partition coefficient (Wildman–Crippen LogP) is 1.03. The smallest absolute Gasteiger partial charge is 0.325 e. The maximum absolute atomic E-state index is 12.0. The van der Waals surface area contributed by atoms with E-state index in [4.69, 9.17) is 0 Å². The van der Waals surface area contributed by atoms with Crippen molar-refractivity contribution in [3.8, 4) is 0 Å². The number of esters is 1. The molecular weight excluding hydrogens is 244 g/mol. The lowest BCUT2D eigenvalue weighted by Gasteiger charge is -2.28. The third kappa shape index (κ3) is 5.19. The third-order valence-electron chi connectivity index (χ3n) is 3.82. The summed E-state index contributed by atoms with van der Waals surface area (Å²) < 4.78 is 4.51. The van der Waals surface area contributed by atoms with Gasteiger partial charge in [-0.05, 0) is 38.1 Å². The van der Waals surface area contributed by atoms with Gasteiger partial charge in [-0.1, -0.05) is 13.8 Å². The molecule has 5 nitrogen and oxygen atoms in total. The standard InChI is InChI=1S/C14H26N2O3/c1-10-5-6-16(9-11(2)7-10)12(3)14(18)15-8-13(17)19-4/h10-12H,5-9H2,1-4H3,(H,15,18)/t10-,11+,12-/m0/s1. The fraction of sp³-hybridized carbons (Fsp3) is 0.857. The van der Waals surface area contributed by atoms with E-state index in [1.165, 1.54) is 13.5 Å². The minimum absolute atomic E-state index is 0.0561. The predicted molar refractivity (Wildman–Crippen MR) is 73.6 cm³/mol. The second kappa shape index (κ2) is 7.48. The van der Waals surface area contributed by atoms with E-state index < -0.39 is 5.97 Å². The van der Waals surface area contributed by atoms with Gasteiger partial charge >= 0.3 is 5.97 Å². The van der Waals surface area contributed by atoms with Gasteiger partial charge < -0.3 is 10.1 Å². The van der Waals surface area contributed by atoms with Crippen molar-refractivity contribution in [1.82, 2.24) is 10.2 Å². The lowest BCUT2D eigenvalue weighted by molar-refractivity contribution is -0.141. The van der Waals surface area contributed by atoms with Crippen molar-refractivity contribution in [2.75, 3.05) is 26.7 Å². The van der Waals surface area contributed by atoms with E-state index in [2.05, 4.69) is 28.8 Å². The summed E-state index contributed by atoms with van der Waals surface area (Å²) in [4.78, 5) is 25.2. The lowest BCUT2D eigenvalue weighted by atomic mass is 9.97. The maximum atomic E-state index is 12.0. The Morgan fingerprint density at radius 2 is 2.05 bits per heavy atom. The van der Waals surface area contributed by atoms with Crippen molar-refractivity contribution >= 4 is 11.9 Å². The Labute approximate surface area is 115 Å². The average Bonchev–Trinajstić information content (AvgIpc) is 2.55. The SMILES string of the molecule is COC(=O)CNC(=O)[C@H](C)N1CC[C@H](C)C[C@@H](C)C1. The Morgan fingerprint density at radius 1 is 1.37 bits per heavy atom. The molecule has 0 aromatic carbocycles. The molecule has 0 saturated carbocycles. The number of rotatable bonds is 4. The lowest BCUT2D eigenvalue weighted by Crippen LogP contribution is -2.47. The summed E-state index contributed by atoms with van der Waals surface area (Å²) in [7, 11) is 1.32. The molecule has 1 rings (SSSR count). The zero-order valence-electron chi connectivity index (χ0n) is 12.4. The van der Waals surface area contributed by atoms with Gasteiger partial charge in [0.2, 0.25) is 5.91 Å². The average molecular weight is 270 g/mol. The van der Waals surface area contributed by atoms with Crippen molar-refractivity contribution in [2.24, 2.45) is 11.8 Å². The number of carbonyl (C=O) groups is 2. The highest BCUT2D eigenvalue weighted by atomic mass is 16.5. The van der Waals surface area contributed by atoms with Gasteiger partial charge in [0, 0.05) is 6.54 Å². The van der Waals surface area contributed by atoms with Gasteiger partial charge in [-0.15, -0.1) is 0 Å². The molecule has 110 valence electrons. The molecule has 1 saturated heterocycles. The fourth-order valence-electron chi connectivity index (χ4n) is 2.65. The highest BCUT2D eigenvalue weighted by Gasteiger charge is 2.26. The summed E-state index contributed by atoms with van der Waals surface area (Å²) >= 11 is 0. The van der Waals surface area contributed by atoms with Crippen LogP contribution in [-0.4, -0.2) is 49.6 Å². The molecule has 0 bridgehead atoms. The van der Waals surface area contributed by atoms with Gasteiger partial charge in [-0.2, -0.15) is 0 Å². The molecule has 1 heterocycles. The first-order valence-corrected chi connectivity index (χ1v) is 7.02. The minimum atomic E-state index is -0.418. The number of ether oxygens (including phenoxy) is 1. The molecular formula is C14H26N2O3. The summed E-state index contributed by atoms with van der Waals surface area (Å²) in [6.07, 6.45) is 2.34. The molecule has 19 heavy (non-hydrogen) atoms. The van der Waals surface area contributed by atoms with E-state index in [-0.39, 0.29) is 18.5 Å². The van der Waals surface area contributed by atoms with Crippen LogP contribution in [0.5, 0.6) is 0 Å². The molecule has 1 aliphatic rings. The molecule has 3 atom stereocenters. The molecule has 5 heteroatoms. The molecule has 0 aromatic rings. The van der Waals surface area contributed by atoms with Crippen LogP contribution in [0.2, 0.25) is 0 Å². The van der Waals surface area contributed by atoms with E-state index >= 15 is 0 Å². The van der Waals surface area contributed by atoms with Crippen LogP contribution in [0.15, 0.2) is 0 Å². The van der Waals surface area contributed by atoms with Gasteiger partial charge in [0.05, 0.1) is 13.2 Å². The Balaban J connectivity index is 2.48. The number of hydrogen-bond donors (Lipinski definition) is 1. The first kappa shape index (κ1) is 16.0. The fourth-order valence-corrected chi connectivity index (χ4v) is 2.65. The maximum Gasteiger partial charge on any atom is 0.325 e. The summed E-state index contributed by atoms with van der Waals surface area (Å²) in [5.41, 5.74) is 0. The van der Waals surface area contributed by atoms with Crippen LogP contribution in [0.25, 0.3) is 0 Å². The van der Waals surface area contributed by atoms with Gasteiger partial charge in [-0.3, -0.25) is 14.5 Å². The topological polar surface area (TPSA) is 58.6 Å². The quantitative estimate of drug-likeness (QED) is 0.775. The second-order valence-electron chi connectivity index (χ2n) is 5.70. The van der Waals surface area contributed by atoms with Crippen LogP contribution in [0.4, 0.5) is 0 Å². The van der Waals surface area contributed by atoms with Gasteiger partial charge in [0.1, 0.15) is 6.54 Å². The highest BCUT2D eigenvalue weighted by molar-refractivity contribution is 5.85. The molecule has 0 aromatic heterocycles. The van der Waals surface area contributed by atoms with Crippen molar-refractivity contribution < 1.29 is 14.3 Å². The van der Waals surface area contributed by atoms with Gasteiger partial charge in [0.25, 0.3) is 0 Å². The summed E-state index contributed by atoms with van der Waals surface area (Å²) in [6, 6.07) is -0.197. The number of hydrogen-bond acceptors (Lipinski definition) is 4. The summed E-state index contributed by atoms with van der Waals surface area (Å²) in [5.74, 6) is 0.796. The molecule has 1 aliphatic heterocycles. The Morgan fingerprint density at radius 3 is 2.68 bits per heavy atom. The van der Waals surface area contributed by atoms with Crippen LogP contribution in [-0.2, 0) is 14.3 Å². The van der Waals surface area contributed by atoms with E-state index in [0.717, 1.165) is 19.5 Å². The first-order chi connectivity index (χ1) is 8.93. The zero-order valence-corrected chi connectivity index (χ0v) is 12.4. The third-order valence-corrected chi connectivity index (χ3v) is 3.82. The molecule has 1 fully saturated rings. The molecule has 0 aliphatic carbocycles. The Kier molecular flexibility index (Phi) is 6.28. The summed E-state index contributed by atoms with van der Waals surface area (Å²) in [5, 5.41) is 2.62. The van der Waals surface area contributed by atoms with Crippen LogP contribution >= 0.6 is 0 Å². The summed E-state index contributed by atoms with van der Waals surface area (Å²) in [6.45, 7) is 8.22. The monoisotopic (exact) mass is 270 g/mol. The van der Waals surface area contributed by atoms with E-state index in [9.17, 15) is 9.59 Å². The van der Waals surface area contributed by atoms with E-state index in [1.54, 1.807) is 0 Å². The van der Waals surface area contributed by atoms with Crippen LogP contribution in [0, 0.1) is 11.8 Å². The van der Waals surface area contributed by atoms with Crippen LogP contribution in [0.3, 0.4) is 0 Å². The number of likely N-dealkylation sites (tertiary alicyclic amines) is 1. The van der Waals surface area contributed by atoms with E-state index in [0.29, 0.717) is 11.8 Å². The molecule has 0 unspecified atom stereocenters. The number of nitrogens with one attached hydrogen (secondary N) is 1. The van der Waals surface area contributed by atoms with Crippen molar-refractivity contribution in [3.05, 3.63) is 0 Å². The minimum Gasteiger partial charge on any atom is -0.468 e. The second-order valence-corrected chi connectivity index (χ2v) is 5.70. The zero-order chi connectivity index (χ0) is 14.4. The van der Waals surface area contributed by atoms with Gasteiger partial charge in [0.15, 0.2) is 0 Å². The number of nitrogens with zero attached hydrogens (tertiary/aromatic N) is 1. The van der Waals surface area contributed by atoms with Crippen LogP contribution in [0.1, 0.15) is 33.6 Å². The normalized spacial score (nSPS) is 26.3. The Hall–Kier alpha value is -1.10. The van der Waals surface area contributed by atoms with Gasteiger partial charge in [-0.25, -0.2) is 0 Å². The number of carbonyl (C=O) groups excluding carboxylic acids is 2. The largest absolute Gasteiger partial charge is 0.468 e. The number of methoxy groups -OCH3 is 1. The van der Waals surface area contributed by atoms with Crippen molar-refractivity contribution in [1.29, 1.82) is 0 Å². The first-order valence-electron chi connectivity index (χ1n) is 7.02. The molecule has 0 spiro atoms. The molecule has 1 amide bonds.